The number of fused-ring (bicyclic) bond motifs is 1. The van der Waals surface area contributed by atoms with E-state index in [2.05, 4.69) is 5.11 Å². The molecule has 1 N–H and O–H groups in total. The highest BCUT2D eigenvalue weighted by atomic mass is 16.6. The first-order valence-corrected chi connectivity index (χ1v) is 9.70. The summed E-state index contributed by atoms with van der Waals surface area (Å²) in [4.78, 5) is 26.3. The van der Waals surface area contributed by atoms with Crippen molar-refractivity contribution in [3.05, 3.63) is 23.7 Å². The Kier molecular flexibility index (Phi) is 2.69. The van der Waals surface area contributed by atoms with E-state index in [1.54, 1.807) is 0 Å². The van der Waals surface area contributed by atoms with Gasteiger partial charge in [0.1, 0.15) is 12.2 Å². The lowest BCUT2D eigenvalue weighted by atomic mass is 9.65. The van der Waals surface area contributed by atoms with Crippen LogP contribution in [0.4, 0.5) is 0 Å². The second kappa shape index (κ2) is 9.25. The van der Waals surface area contributed by atoms with Gasteiger partial charge in [0.25, 0.3) is 0 Å². The van der Waals surface area contributed by atoms with Crippen LogP contribution in [-0.4, -0.2) is 36.8 Å². The first-order chi connectivity index (χ1) is 21.8. The molecule has 5 heteroatoms. The van der Waals surface area contributed by atoms with Crippen molar-refractivity contribution in [2.45, 2.75) is 91.1 Å². The largest absolute Gasteiger partial charge is 0.462 e. The average Bonchev–Trinajstić information content (AvgIpc) is 2.90. The van der Waals surface area contributed by atoms with Gasteiger partial charge in [0.15, 0.2) is 0 Å². The molecule has 0 aromatic rings. The van der Waals surface area contributed by atoms with Crippen LogP contribution in [0.15, 0.2) is 23.7 Å². The monoisotopic (exact) mass is 437 g/mol. The lowest BCUT2D eigenvalue weighted by Gasteiger charge is -2.44. The third-order valence-electron chi connectivity index (χ3n) is 5.47. The van der Waals surface area contributed by atoms with Gasteiger partial charge in [0.05, 0.1) is 22.1 Å². The van der Waals surface area contributed by atoms with Crippen molar-refractivity contribution in [2.24, 2.45) is 29.0 Å². The molecule has 0 aromatic carbocycles. The predicted molar refractivity (Wildman–Crippen MR) is 115 cm³/mol. The summed E-state index contributed by atoms with van der Waals surface area (Å²) >= 11 is 0. The van der Waals surface area contributed by atoms with Crippen LogP contribution in [0.25, 0.3) is 0 Å². The molecule has 1 heterocycles. The topological polar surface area (TPSA) is 72.8 Å². The van der Waals surface area contributed by atoms with E-state index in [0.29, 0.717) is 0 Å². The van der Waals surface area contributed by atoms with Gasteiger partial charge in [-0.1, -0.05) is 38.9 Å². The molecule has 2 unspecified atom stereocenters. The van der Waals surface area contributed by atoms with Crippen LogP contribution in [0.3, 0.4) is 0 Å². The average molecular weight is 438 g/mol. The highest BCUT2D eigenvalue weighted by molar-refractivity contribution is 5.76. The second-order valence-corrected chi connectivity index (χ2v) is 7.83. The quantitative estimate of drug-likeness (QED) is 0.590. The number of esters is 2. The van der Waals surface area contributed by atoms with Gasteiger partial charge in [0.2, 0.25) is 1.43 Å². The van der Waals surface area contributed by atoms with Gasteiger partial charge in [0, 0.05) is 32.9 Å². The number of carbonyl (C=O) groups excluding carboxylic acids is 2. The molecule has 0 bridgehead atoms. The van der Waals surface area contributed by atoms with Crippen LogP contribution in [0.2, 0.25) is 0 Å². The van der Waals surface area contributed by atoms with Crippen LogP contribution >= 0.6 is 0 Å². The Bertz CT molecular complexity index is 1380. The molecule has 168 valence electrons. The number of carbonyl (C=O) groups is 2. The molecule has 3 rings (SSSR count). The molecule has 0 amide bonds. The number of allylic oxidation sites excluding steroid dienone is 3. The molecule has 2 aliphatic carbocycles. The maximum atomic E-state index is 14.1. The molecule has 5 nitrogen and oxygen atoms in total. The molecule has 1 fully saturated rings. The Hall–Kier alpha value is -1.62. The van der Waals surface area contributed by atoms with Crippen molar-refractivity contribution >= 4 is 11.9 Å². The van der Waals surface area contributed by atoms with E-state index in [4.69, 9.17) is 35.6 Å². The normalized spacial score (nSPS) is 55.1. The molecule has 30 heavy (non-hydrogen) atoms. The van der Waals surface area contributed by atoms with Gasteiger partial charge < -0.3 is 14.6 Å². The number of aliphatic hydroxyl groups excluding tert-OH is 1. The zero-order chi connectivity index (χ0) is 38.3. The van der Waals surface area contributed by atoms with Crippen LogP contribution < -0.4 is 0 Å². The molecule has 7 atom stereocenters. The van der Waals surface area contributed by atoms with Gasteiger partial charge >= 0.3 is 11.9 Å². The maximum absolute atomic E-state index is 14.1. The van der Waals surface area contributed by atoms with Crippen molar-refractivity contribution in [3.8, 4) is 0 Å². The van der Waals surface area contributed by atoms with Crippen LogP contribution in [0.5, 0.6) is 0 Å². The highest BCUT2D eigenvalue weighted by Crippen LogP contribution is 2.45. The van der Waals surface area contributed by atoms with Gasteiger partial charge in [-0.2, -0.15) is 0 Å². The van der Waals surface area contributed by atoms with Crippen LogP contribution in [0, 0.1) is 29.0 Å². The molecular formula is C25H38O5. The number of hydrogen-bond donors (Lipinski definition) is 1. The predicted octanol–water partition coefficient (Wildman–Crippen LogP) is 4.59. The summed E-state index contributed by atoms with van der Waals surface area (Å²) in [5.74, 6) is -11.4. The van der Waals surface area contributed by atoms with E-state index in [1.807, 2.05) is 0 Å². The summed E-state index contributed by atoms with van der Waals surface area (Å²) in [7, 11) is 0. The van der Waals surface area contributed by atoms with Gasteiger partial charge in [-0.15, -0.1) is 0 Å². The summed E-state index contributed by atoms with van der Waals surface area (Å²) in [6, 6.07) is -2.38. The number of rotatable bonds is 7. The molecular weight excluding hydrogens is 380 g/mol. The number of aliphatic hydroxyl groups is 1. The zero-order valence-electron chi connectivity index (χ0n) is 35.8. The first-order valence-electron chi connectivity index (χ1n) is 19.1. The highest BCUT2D eigenvalue weighted by Gasteiger charge is 2.43. The molecule has 1 saturated heterocycles. The molecule has 0 radical (unpaired) electrons. The van der Waals surface area contributed by atoms with Crippen molar-refractivity contribution in [1.29, 1.82) is 1.43 Å². The molecule has 0 spiro atoms. The number of ether oxygens (including phenoxy) is 2. The van der Waals surface area contributed by atoms with E-state index in [-0.39, 0.29) is 25.7 Å². The lowest BCUT2D eigenvalue weighted by Crippen LogP contribution is -2.43. The molecule has 1 aliphatic heterocycles. The number of cyclic esters (lactones) is 1. The van der Waals surface area contributed by atoms with Crippen LogP contribution in [0.1, 0.15) is 97.5 Å². The second-order valence-electron chi connectivity index (χ2n) is 7.83. The third kappa shape index (κ3) is 5.16. The Morgan fingerprint density at radius 2 is 2.37 bits per heavy atom. The minimum Gasteiger partial charge on any atom is -0.462 e. The summed E-state index contributed by atoms with van der Waals surface area (Å²) in [6.07, 6.45) is -12.6. The van der Waals surface area contributed by atoms with Gasteiger partial charge in [-0.05, 0) is 62.6 Å². The smallest absolute Gasteiger partial charge is 0.311 e. The van der Waals surface area contributed by atoms with E-state index >= 15 is 0 Å². The fourth-order valence-electron chi connectivity index (χ4n) is 3.97. The van der Waals surface area contributed by atoms with E-state index in [1.165, 1.54) is 0 Å². The van der Waals surface area contributed by atoms with Crippen molar-refractivity contribution in [1.82, 2.24) is 0 Å². The Morgan fingerprint density at radius 1 is 1.53 bits per heavy atom. The van der Waals surface area contributed by atoms with Gasteiger partial charge in [-0.25, -0.2) is 0 Å². The first kappa shape index (κ1) is 8.73. The van der Waals surface area contributed by atoms with E-state index in [9.17, 15) is 9.59 Å². The number of hydrogen-bond acceptors (Lipinski definition) is 5. The van der Waals surface area contributed by atoms with Crippen molar-refractivity contribution in [2.75, 3.05) is 0 Å². The summed E-state index contributed by atoms with van der Waals surface area (Å²) in [5, 5.41) is 4.53. The third-order valence-corrected chi connectivity index (χ3v) is 5.47. The Labute approximate surface area is 207 Å². The molecule has 0 saturated carbocycles. The Balaban J connectivity index is 2.32. The zero-order valence-corrected chi connectivity index (χ0v) is 16.8. The maximum Gasteiger partial charge on any atom is 0.311 e. The standard InChI is InChI=1S/C25H38O5/c1-6-25(4,5)24(28)30-21-12-15(2)11-17-8-7-16(3)20(23(17)21)10-9-19-13-18(26)14-22(27)29-19/h7-8,11,15-16,18-21,23,26H,6,9-10,12-14H2,1-5H3/t15-,16-,18+,19?,20-,21?,23-/m0/s1/i1D3,4D3,5D3,6D2,7D,8D,11D,12D2,15D,16D,26D. The Morgan fingerprint density at radius 3 is 3.10 bits per heavy atom. The SMILES string of the molecule is [2H]O[C@H]1CC(=O)OC(CC[C@@H]2[C@@H]3C(=C([2H])[C@]([2H])(C)C([2H])([2H])C3OC(=O)C(C([2H])([2H])[2H])(C([2H])([2H])[2H])C([2H])([2H])C([2H])([2H])[2H])C([2H])=C([2H])[C@]2([2H])C)C1. The molecule has 3 aliphatic rings. The lowest BCUT2D eigenvalue weighted by molar-refractivity contribution is -0.166. The van der Waals surface area contributed by atoms with Gasteiger partial charge in [-0.3, -0.25) is 9.59 Å². The van der Waals surface area contributed by atoms with E-state index in [0.717, 1.165) is 13.8 Å². The summed E-state index contributed by atoms with van der Waals surface area (Å²) in [6.45, 7) is -10.6. The fraction of sp³-hybridized carbons (Fsp3) is 0.760. The minimum absolute atomic E-state index is 0.0227. The van der Waals surface area contributed by atoms with Crippen molar-refractivity contribution < 1.29 is 48.8 Å². The molecule has 0 aromatic heterocycles. The summed E-state index contributed by atoms with van der Waals surface area (Å²) in [5.41, 5.74) is -5.03. The van der Waals surface area contributed by atoms with E-state index < -0.39 is 116 Å². The fourth-order valence-corrected chi connectivity index (χ4v) is 3.97. The minimum atomic E-state index is -4.48. The van der Waals surface area contributed by atoms with Crippen LogP contribution in [-0.2, 0) is 19.1 Å². The van der Waals surface area contributed by atoms with Crippen molar-refractivity contribution in [3.63, 3.8) is 0 Å². The summed E-state index contributed by atoms with van der Waals surface area (Å²) < 4.78 is 167.